The summed E-state index contributed by atoms with van der Waals surface area (Å²) >= 11 is 0. The molecule has 0 amide bonds. The molecule has 0 unspecified atom stereocenters. The molecule has 0 fully saturated rings. The third kappa shape index (κ3) is 6.11. The highest BCUT2D eigenvalue weighted by Gasteiger charge is 2.42. The van der Waals surface area contributed by atoms with Crippen molar-refractivity contribution in [2.75, 3.05) is 0 Å². The lowest BCUT2D eigenvalue weighted by Gasteiger charge is -2.32. The lowest BCUT2D eigenvalue weighted by Crippen LogP contribution is -2.23. The summed E-state index contributed by atoms with van der Waals surface area (Å²) in [6, 6.07) is 56.8. The number of benzene rings is 8. The molecule has 0 atom stereocenters. The van der Waals surface area contributed by atoms with Gasteiger partial charge < -0.3 is 0 Å². The van der Waals surface area contributed by atoms with Gasteiger partial charge in [-0.05, 0) is 197 Å². The minimum absolute atomic E-state index is 0.0340. The smallest absolute Gasteiger partial charge is 0.0210 e. The van der Waals surface area contributed by atoms with Crippen LogP contribution >= 0.6 is 0 Å². The molecule has 0 aromatic heterocycles. The van der Waals surface area contributed by atoms with Gasteiger partial charge in [-0.2, -0.15) is 0 Å². The number of fused-ring (bicyclic) bond motifs is 6. The Bertz CT molecular complexity index is 3420. The summed E-state index contributed by atoms with van der Waals surface area (Å²) in [6.07, 6.45) is 11.4. The first-order valence-corrected chi connectivity index (χ1v) is 25.2. The Balaban J connectivity index is 0.841. The van der Waals surface area contributed by atoms with Crippen LogP contribution in [0.2, 0.25) is 0 Å². The van der Waals surface area contributed by atoms with Crippen molar-refractivity contribution in [3.8, 4) is 66.8 Å². The molecule has 0 saturated heterocycles. The van der Waals surface area contributed by atoms with Crippen molar-refractivity contribution in [1.29, 1.82) is 0 Å². The summed E-state index contributed by atoms with van der Waals surface area (Å²) < 4.78 is 0. The van der Waals surface area contributed by atoms with Crippen molar-refractivity contribution in [2.45, 2.75) is 105 Å². The van der Waals surface area contributed by atoms with Gasteiger partial charge in [-0.1, -0.05) is 194 Å². The van der Waals surface area contributed by atoms with Crippen LogP contribution in [0.1, 0.15) is 125 Å². The molecule has 330 valence electrons. The Morgan fingerprint density at radius 3 is 1.48 bits per heavy atom. The normalized spacial score (nSPS) is 15.7. The first-order chi connectivity index (χ1) is 32.5. The topological polar surface area (TPSA) is 0 Å². The second-order valence-electron chi connectivity index (χ2n) is 21.3. The fourth-order valence-electron chi connectivity index (χ4n) is 13.4. The van der Waals surface area contributed by atoms with Gasteiger partial charge in [-0.15, -0.1) is 0 Å². The second-order valence-corrected chi connectivity index (χ2v) is 21.3. The molecule has 0 nitrogen and oxygen atoms in total. The Labute approximate surface area is 399 Å². The fourth-order valence-corrected chi connectivity index (χ4v) is 13.4. The quantitative estimate of drug-likeness (QED) is 0.143. The maximum absolute atomic E-state index is 2.54. The average Bonchev–Trinajstić information content (AvgIpc) is 3.81. The van der Waals surface area contributed by atoms with E-state index in [1.54, 1.807) is 0 Å². The summed E-state index contributed by atoms with van der Waals surface area (Å²) in [5.41, 5.74) is 30.9. The van der Waals surface area contributed by atoms with Crippen molar-refractivity contribution in [1.82, 2.24) is 0 Å². The molecule has 4 aliphatic carbocycles. The van der Waals surface area contributed by atoms with Gasteiger partial charge in [0.25, 0.3) is 0 Å². The number of hydrogen-bond acceptors (Lipinski definition) is 0. The van der Waals surface area contributed by atoms with E-state index < -0.39 is 0 Å². The van der Waals surface area contributed by atoms with Crippen LogP contribution in [0.4, 0.5) is 0 Å². The first-order valence-electron chi connectivity index (χ1n) is 25.2. The molecule has 0 spiro atoms. The van der Waals surface area contributed by atoms with Crippen LogP contribution in [0.15, 0.2) is 157 Å². The highest BCUT2D eigenvalue weighted by molar-refractivity contribution is 6.06. The minimum atomic E-state index is -0.0340. The third-order valence-electron chi connectivity index (χ3n) is 17.3. The molecule has 0 radical (unpaired) electrons. The maximum Gasteiger partial charge on any atom is 0.0210 e. The molecule has 0 heterocycles. The maximum atomic E-state index is 2.54. The predicted octanol–water partition coefficient (Wildman–Crippen LogP) is 18.8. The van der Waals surface area contributed by atoms with Crippen LogP contribution in [0.5, 0.6) is 0 Å². The van der Waals surface area contributed by atoms with Crippen molar-refractivity contribution in [3.63, 3.8) is 0 Å². The zero-order chi connectivity index (χ0) is 46.0. The number of aryl methyl sites for hydroxylation is 1. The van der Waals surface area contributed by atoms with Gasteiger partial charge in [0.1, 0.15) is 0 Å². The van der Waals surface area contributed by atoms with Crippen LogP contribution < -0.4 is 0 Å². The lowest BCUT2D eigenvalue weighted by atomic mass is 9.72. The van der Waals surface area contributed by atoms with Crippen molar-refractivity contribution < 1.29 is 0 Å². The van der Waals surface area contributed by atoms with Crippen LogP contribution in [-0.2, 0) is 17.3 Å². The van der Waals surface area contributed by atoms with Crippen molar-refractivity contribution >= 4 is 22.4 Å². The number of allylic oxidation sites excluding steroid dienone is 3. The largest absolute Gasteiger partial charge is 0.0759 e. The van der Waals surface area contributed by atoms with Gasteiger partial charge in [0.05, 0.1) is 0 Å². The SMILES string of the molecule is CCC1(CC)c2ccccc2-c2ccc(-c3ccc4c(c3)C(CC)(CC)c3cc(-c5ccc(-c6ccc(-c7ccc8ccc9c%10c8c7CC=C%10CC(C(C)(C)C)=C9)c(C)c6)cc5)ccc3-4)cc21. The van der Waals surface area contributed by atoms with Crippen LogP contribution in [0, 0.1) is 12.3 Å². The van der Waals surface area contributed by atoms with Crippen LogP contribution in [0.25, 0.3) is 89.2 Å². The first kappa shape index (κ1) is 41.9. The van der Waals surface area contributed by atoms with Gasteiger partial charge in [0.2, 0.25) is 0 Å². The molecule has 0 aliphatic heterocycles. The van der Waals surface area contributed by atoms with E-state index in [0.29, 0.717) is 0 Å². The van der Waals surface area contributed by atoms with E-state index in [-0.39, 0.29) is 16.2 Å². The summed E-state index contributed by atoms with van der Waals surface area (Å²) in [5.74, 6) is 0. The molecule has 0 N–H and O–H groups in total. The van der Waals surface area contributed by atoms with E-state index >= 15 is 0 Å². The van der Waals surface area contributed by atoms with Gasteiger partial charge in [-0.25, -0.2) is 0 Å². The van der Waals surface area contributed by atoms with E-state index in [2.05, 4.69) is 213 Å². The summed E-state index contributed by atoms with van der Waals surface area (Å²) in [4.78, 5) is 0. The van der Waals surface area contributed by atoms with Crippen LogP contribution in [0.3, 0.4) is 0 Å². The van der Waals surface area contributed by atoms with Crippen molar-refractivity contribution in [2.24, 2.45) is 5.41 Å². The molecule has 0 saturated carbocycles. The third-order valence-corrected chi connectivity index (χ3v) is 17.3. The molecule has 67 heavy (non-hydrogen) atoms. The van der Waals surface area contributed by atoms with E-state index in [1.807, 2.05) is 0 Å². The molecule has 4 aliphatic rings. The van der Waals surface area contributed by atoms with E-state index in [1.165, 1.54) is 133 Å². The summed E-state index contributed by atoms with van der Waals surface area (Å²) in [6.45, 7) is 18.8. The summed E-state index contributed by atoms with van der Waals surface area (Å²) in [7, 11) is 0. The Hall–Kier alpha value is -6.50. The molecular formula is C67H62. The Kier molecular flexibility index (Phi) is 9.54. The van der Waals surface area contributed by atoms with E-state index in [9.17, 15) is 0 Å². The van der Waals surface area contributed by atoms with Gasteiger partial charge >= 0.3 is 0 Å². The van der Waals surface area contributed by atoms with Gasteiger partial charge in [0.15, 0.2) is 0 Å². The highest BCUT2D eigenvalue weighted by Crippen LogP contribution is 2.57. The van der Waals surface area contributed by atoms with Gasteiger partial charge in [-0.3, -0.25) is 0 Å². The van der Waals surface area contributed by atoms with Crippen molar-refractivity contribution in [3.05, 3.63) is 202 Å². The number of rotatable bonds is 8. The average molecular weight is 867 g/mol. The van der Waals surface area contributed by atoms with E-state index in [4.69, 9.17) is 0 Å². The zero-order valence-corrected chi connectivity index (χ0v) is 40.8. The van der Waals surface area contributed by atoms with E-state index in [0.717, 1.165) is 38.5 Å². The standard InChI is InChI=1S/C67H62/c1-9-66(10-2)59-16-14-13-15-54(59)55-32-26-47(39-60(55)66)48-27-33-57-56-31-25-46(38-61(56)67(11-3,12-4)62(57)40-48)43-19-17-42(18-20-43)45-24-29-52(41(5)35-45)53-30-23-44-21-22-49-36-51(65(6,7)8)37-50-28-34-58(53)64(44)63(49)50/h13-33,35-36,38-40H,9-12,34,37H2,1-8H3. The zero-order valence-electron chi connectivity index (χ0n) is 40.8. The minimum Gasteiger partial charge on any atom is -0.0759 e. The number of hydrogen-bond donors (Lipinski definition) is 0. The molecule has 8 aromatic rings. The predicted molar refractivity (Wildman–Crippen MR) is 288 cm³/mol. The second kappa shape index (κ2) is 15.3. The van der Waals surface area contributed by atoms with Crippen LogP contribution in [-0.4, -0.2) is 0 Å². The molecule has 8 aromatic carbocycles. The summed E-state index contributed by atoms with van der Waals surface area (Å²) in [5, 5.41) is 2.82. The molecule has 0 heteroatoms. The van der Waals surface area contributed by atoms with Gasteiger partial charge in [0, 0.05) is 10.8 Å². The Morgan fingerprint density at radius 1 is 0.463 bits per heavy atom. The monoisotopic (exact) mass is 866 g/mol. The molecule has 12 rings (SSSR count). The molecule has 0 bridgehead atoms. The fraction of sp³-hybridized carbons (Fsp3) is 0.254. The Morgan fingerprint density at radius 2 is 0.925 bits per heavy atom. The lowest BCUT2D eigenvalue weighted by molar-refractivity contribution is 0.490. The molecular weight excluding hydrogens is 805 g/mol. The highest BCUT2D eigenvalue weighted by atomic mass is 14.5.